The lowest BCUT2D eigenvalue weighted by Crippen LogP contribution is -2.59. The Morgan fingerprint density at radius 1 is 1.28 bits per heavy atom. The van der Waals surface area contributed by atoms with Crippen LogP contribution >= 0.6 is 0 Å². The standard InChI is InChI=1S/C19H23N5O4S/c1-20-19(26)24-15(10-23(8-9-25)11-16(24)29(27)28)18-17-13(6-7-21-18)12-4-2-3-5-14(12)22-17/h2-7,15-16,22,25,29H,8-11H2,1H3,(H,20,26). The van der Waals surface area contributed by atoms with Crippen molar-refractivity contribution in [1.82, 2.24) is 25.1 Å². The minimum absolute atomic E-state index is 0.0981. The van der Waals surface area contributed by atoms with E-state index in [1.54, 1.807) is 6.20 Å². The van der Waals surface area contributed by atoms with Crippen LogP contribution in [0.5, 0.6) is 0 Å². The van der Waals surface area contributed by atoms with E-state index in [-0.39, 0.29) is 13.2 Å². The fourth-order valence-electron chi connectivity index (χ4n) is 4.10. The third kappa shape index (κ3) is 3.43. The predicted octanol–water partition coefficient (Wildman–Crippen LogP) is 0.644. The van der Waals surface area contributed by atoms with Gasteiger partial charge in [0.25, 0.3) is 0 Å². The number of nitrogens with one attached hydrogen (secondary N) is 2. The fourth-order valence-corrected chi connectivity index (χ4v) is 4.93. The van der Waals surface area contributed by atoms with E-state index in [0.717, 1.165) is 21.8 Å². The van der Waals surface area contributed by atoms with E-state index in [0.29, 0.717) is 18.8 Å². The van der Waals surface area contributed by atoms with Gasteiger partial charge in [0.2, 0.25) is 0 Å². The van der Waals surface area contributed by atoms with E-state index in [1.165, 1.54) is 11.9 Å². The molecule has 2 unspecified atom stereocenters. The summed E-state index contributed by atoms with van der Waals surface area (Å²) in [5.41, 5.74) is 2.32. The van der Waals surface area contributed by atoms with Gasteiger partial charge in [-0.3, -0.25) is 14.8 Å². The Kier molecular flexibility index (Phi) is 5.39. The minimum Gasteiger partial charge on any atom is -0.395 e. The number of aliphatic hydroxyl groups excluding tert-OH is 1. The summed E-state index contributed by atoms with van der Waals surface area (Å²) in [5.74, 6) is 0. The minimum atomic E-state index is -2.91. The molecule has 3 heterocycles. The predicted molar refractivity (Wildman–Crippen MR) is 110 cm³/mol. The van der Waals surface area contributed by atoms with E-state index < -0.39 is 28.2 Å². The molecule has 0 aliphatic carbocycles. The molecule has 4 rings (SSSR count). The van der Waals surface area contributed by atoms with Gasteiger partial charge in [-0.2, -0.15) is 0 Å². The number of benzene rings is 1. The molecule has 3 N–H and O–H groups in total. The largest absolute Gasteiger partial charge is 0.395 e. The Hall–Kier alpha value is -2.69. The molecule has 0 saturated carbocycles. The van der Waals surface area contributed by atoms with Gasteiger partial charge in [0.1, 0.15) is 5.37 Å². The maximum atomic E-state index is 12.7. The highest BCUT2D eigenvalue weighted by Gasteiger charge is 2.41. The van der Waals surface area contributed by atoms with Crippen LogP contribution in [0.2, 0.25) is 0 Å². The summed E-state index contributed by atoms with van der Waals surface area (Å²) in [6.45, 7) is 0.737. The zero-order valence-electron chi connectivity index (χ0n) is 15.9. The van der Waals surface area contributed by atoms with E-state index in [9.17, 15) is 18.3 Å². The van der Waals surface area contributed by atoms with Crippen LogP contribution < -0.4 is 5.32 Å². The van der Waals surface area contributed by atoms with Crippen molar-refractivity contribution in [3.8, 4) is 0 Å². The topological polar surface area (TPSA) is 119 Å². The molecule has 154 valence electrons. The first-order valence-corrected chi connectivity index (χ1v) is 10.6. The number of H-pyrrole nitrogens is 1. The summed E-state index contributed by atoms with van der Waals surface area (Å²) in [7, 11) is -1.43. The number of amides is 2. The molecule has 0 spiro atoms. The van der Waals surface area contributed by atoms with Gasteiger partial charge < -0.3 is 15.4 Å². The number of fused-ring (bicyclic) bond motifs is 3. The Labute approximate surface area is 169 Å². The molecular formula is C19H23N5O4S. The number of nitrogens with zero attached hydrogens (tertiary/aromatic N) is 3. The van der Waals surface area contributed by atoms with Crippen LogP contribution in [-0.2, 0) is 10.7 Å². The summed E-state index contributed by atoms with van der Waals surface area (Å²) in [5, 5.41) is 12.9. The third-order valence-corrected chi connectivity index (χ3v) is 6.29. The van der Waals surface area contributed by atoms with Crippen molar-refractivity contribution in [2.24, 2.45) is 0 Å². The van der Waals surface area contributed by atoms with Gasteiger partial charge in [0, 0.05) is 49.2 Å². The molecule has 9 nitrogen and oxygen atoms in total. The highest BCUT2D eigenvalue weighted by Crippen LogP contribution is 2.34. The Bertz CT molecular complexity index is 1120. The number of pyridine rings is 1. The van der Waals surface area contributed by atoms with E-state index in [4.69, 9.17) is 0 Å². The van der Waals surface area contributed by atoms with Crippen molar-refractivity contribution in [1.29, 1.82) is 0 Å². The van der Waals surface area contributed by atoms with Crippen molar-refractivity contribution < 1.29 is 18.3 Å². The number of aromatic nitrogens is 2. The van der Waals surface area contributed by atoms with Gasteiger partial charge in [0.15, 0.2) is 10.7 Å². The van der Waals surface area contributed by atoms with Crippen LogP contribution in [0.4, 0.5) is 4.79 Å². The second-order valence-electron chi connectivity index (χ2n) is 7.02. The van der Waals surface area contributed by atoms with Crippen LogP contribution in [0.1, 0.15) is 11.7 Å². The van der Waals surface area contributed by atoms with Gasteiger partial charge in [-0.15, -0.1) is 0 Å². The molecule has 1 saturated heterocycles. The van der Waals surface area contributed by atoms with Gasteiger partial charge in [-0.1, -0.05) is 18.2 Å². The molecule has 29 heavy (non-hydrogen) atoms. The summed E-state index contributed by atoms with van der Waals surface area (Å²) >= 11 is 0. The van der Waals surface area contributed by atoms with Crippen LogP contribution in [0.25, 0.3) is 21.8 Å². The zero-order chi connectivity index (χ0) is 20.5. The molecule has 2 amide bonds. The normalized spacial score (nSPS) is 20.6. The number of urea groups is 1. The first-order chi connectivity index (χ1) is 14.0. The molecular weight excluding hydrogens is 394 g/mol. The van der Waals surface area contributed by atoms with Crippen LogP contribution in [0, 0.1) is 0 Å². The Morgan fingerprint density at radius 3 is 2.79 bits per heavy atom. The smallest absolute Gasteiger partial charge is 0.318 e. The molecule has 1 aromatic carbocycles. The molecule has 1 fully saturated rings. The molecule has 0 bridgehead atoms. The molecule has 1 aliphatic rings. The highest BCUT2D eigenvalue weighted by molar-refractivity contribution is 7.73. The van der Waals surface area contributed by atoms with Gasteiger partial charge >= 0.3 is 6.03 Å². The number of para-hydroxylation sites is 1. The lowest BCUT2D eigenvalue weighted by molar-refractivity contribution is 0.0678. The number of rotatable bonds is 4. The van der Waals surface area contributed by atoms with Gasteiger partial charge in [-0.25, -0.2) is 13.2 Å². The third-order valence-electron chi connectivity index (χ3n) is 5.39. The van der Waals surface area contributed by atoms with Crippen molar-refractivity contribution in [3.63, 3.8) is 0 Å². The Balaban J connectivity index is 1.90. The van der Waals surface area contributed by atoms with Crippen molar-refractivity contribution in [2.75, 3.05) is 33.3 Å². The second kappa shape index (κ2) is 7.97. The number of hydrogen-bond acceptors (Lipinski definition) is 6. The quantitative estimate of drug-likeness (QED) is 0.463. The molecule has 1 aliphatic heterocycles. The number of hydrogen-bond donors (Lipinski definition) is 4. The number of aliphatic hydroxyl groups is 1. The number of carbonyl (C=O) groups is 1. The number of piperazine rings is 1. The molecule has 10 heteroatoms. The average molecular weight is 417 g/mol. The van der Waals surface area contributed by atoms with E-state index in [1.807, 2.05) is 35.2 Å². The number of carbonyl (C=O) groups excluding carboxylic acids is 1. The average Bonchev–Trinajstić information content (AvgIpc) is 3.11. The van der Waals surface area contributed by atoms with Crippen LogP contribution in [0.15, 0.2) is 36.5 Å². The zero-order valence-corrected chi connectivity index (χ0v) is 16.8. The molecule has 3 aromatic rings. The van der Waals surface area contributed by atoms with Crippen LogP contribution in [-0.4, -0.2) is 78.0 Å². The summed E-state index contributed by atoms with van der Waals surface area (Å²) in [6.07, 6.45) is 1.68. The maximum absolute atomic E-state index is 12.7. The highest BCUT2D eigenvalue weighted by atomic mass is 32.2. The number of β-amino-alcohol motifs (C(OH)–C–C–N with tert-alkyl or cyclic N) is 1. The van der Waals surface area contributed by atoms with E-state index in [2.05, 4.69) is 15.3 Å². The first-order valence-electron chi connectivity index (χ1n) is 9.37. The fraction of sp³-hybridized carbons (Fsp3) is 0.368. The van der Waals surface area contributed by atoms with Gasteiger partial charge in [0.05, 0.1) is 23.9 Å². The lowest BCUT2D eigenvalue weighted by atomic mass is 10.0. The van der Waals surface area contributed by atoms with Crippen molar-refractivity contribution in [2.45, 2.75) is 11.4 Å². The summed E-state index contributed by atoms with van der Waals surface area (Å²) < 4.78 is 24.0. The Morgan fingerprint density at radius 2 is 2.07 bits per heavy atom. The lowest BCUT2D eigenvalue weighted by Gasteiger charge is -2.44. The molecule has 0 radical (unpaired) electrons. The summed E-state index contributed by atoms with van der Waals surface area (Å²) in [4.78, 5) is 23.8. The van der Waals surface area contributed by atoms with Crippen molar-refractivity contribution >= 4 is 38.5 Å². The second-order valence-corrected chi connectivity index (χ2v) is 8.18. The van der Waals surface area contributed by atoms with E-state index >= 15 is 0 Å². The van der Waals surface area contributed by atoms with Crippen LogP contribution in [0.3, 0.4) is 0 Å². The summed E-state index contributed by atoms with van der Waals surface area (Å²) in [6, 6.07) is 8.69. The maximum Gasteiger partial charge on any atom is 0.318 e. The molecule has 2 aromatic heterocycles. The van der Waals surface area contributed by atoms with Crippen molar-refractivity contribution in [3.05, 3.63) is 42.2 Å². The SMILES string of the molecule is CNC(=O)N1C(c2nccc3c2[nH]c2ccccc23)CN(CCO)CC1[SH](=O)=O. The number of aromatic amines is 1. The monoisotopic (exact) mass is 417 g/mol. The first kappa shape index (κ1) is 19.6. The van der Waals surface area contributed by atoms with Gasteiger partial charge in [-0.05, 0) is 12.1 Å². The molecule has 2 atom stereocenters. The number of thiol groups is 1.